The number of anilines is 1. The van der Waals surface area contributed by atoms with Crippen molar-refractivity contribution >= 4 is 33.8 Å². The number of hydrogen-bond donors (Lipinski definition) is 3. The number of fused-ring (bicyclic) bond motifs is 2. The Morgan fingerprint density at radius 2 is 1.97 bits per heavy atom. The molecule has 4 heterocycles. The van der Waals surface area contributed by atoms with Crippen molar-refractivity contribution in [3.63, 3.8) is 0 Å². The molecule has 1 amide bonds. The van der Waals surface area contributed by atoms with Gasteiger partial charge < -0.3 is 11.5 Å². The quantitative estimate of drug-likeness (QED) is 0.420. The molecule has 11 heteroatoms. The van der Waals surface area contributed by atoms with Gasteiger partial charge in [-0.15, -0.1) is 0 Å². The van der Waals surface area contributed by atoms with Crippen molar-refractivity contribution in [1.82, 2.24) is 29.7 Å². The Morgan fingerprint density at radius 1 is 1.13 bits per heavy atom. The summed E-state index contributed by atoms with van der Waals surface area (Å²) in [7, 11) is 0. The number of rotatable bonds is 3. The lowest BCUT2D eigenvalue weighted by Gasteiger charge is -2.08. The molecule has 0 saturated carbocycles. The van der Waals surface area contributed by atoms with Crippen LogP contribution in [0.1, 0.15) is 10.4 Å². The van der Waals surface area contributed by atoms with Crippen molar-refractivity contribution in [2.45, 2.75) is 0 Å². The number of aromatic amines is 1. The molecule has 9 nitrogen and oxygen atoms in total. The van der Waals surface area contributed by atoms with Crippen LogP contribution in [0.25, 0.3) is 39.1 Å². The predicted molar refractivity (Wildman–Crippen MR) is 105 cm³/mol. The monoisotopic (exact) mass is 406 g/mol. The zero-order chi connectivity index (χ0) is 21.0. The number of benzene rings is 1. The molecule has 5 aromatic rings. The molecular formula is C19H12F2N8O. The number of H-pyrrole nitrogens is 1. The minimum atomic E-state index is -0.917. The molecule has 30 heavy (non-hydrogen) atoms. The fourth-order valence-corrected chi connectivity index (χ4v) is 3.41. The highest BCUT2D eigenvalue weighted by Gasteiger charge is 2.25. The molecule has 0 spiro atoms. The molecule has 4 aromatic heterocycles. The molecule has 5 N–H and O–H groups in total. The van der Waals surface area contributed by atoms with E-state index in [4.69, 9.17) is 11.5 Å². The minimum absolute atomic E-state index is 0.00108. The van der Waals surface area contributed by atoms with Crippen LogP contribution in [-0.4, -0.2) is 35.6 Å². The zero-order valence-electron chi connectivity index (χ0n) is 15.1. The summed E-state index contributed by atoms with van der Waals surface area (Å²) in [4.78, 5) is 24.5. The van der Waals surface area contributed by atoms with Crippen molar-refractivity contribution in [1.29, 1.82) is 0 Å². The van der Waals surface area contributed by atoms with Gasteiger partial charge in [0.1, 0.15) is 34.1 Å². The number of nitrogen functional groups attached to an aromatic ring is 1. The van der Waals surface area contributed by atoms with Crippen LogP contribution in [0.2, 0.25) is 0 Å². The summed E-state index contributed by atoms with van der Waals surface area (Å²) in [5, 5.41) is 7.61. The van der Waals surface area contributed by atoms with E-state index >= 15 is 0 Å². The normalized spacial score (nSPS) is 11.4. The van der Waals surface area contributed by atoms with Crippen LogP contribution in [0.15, 0.2) is 42.9 Å². The Labute approximate surface area is 166 Å². The fourth-order valence-electron chi connectivity index (χ4n) is 3.41. The number of carbonyl (C=O) groups is 1. The van der Waals surface area contributed by atoms with Gasteiger partial charge in [-0.25, -0.2) is 23.7 Å². The van der Waals surface area contributed by atoms with Crippen LogP contribution in [0.5, 0.6) is 0 Å². The molecule has 1 aromatic carbocycles. The maximum absolute atomic E-state index is 14.2. The lowest BCUT2D eigenvalue weighted by molar-refractivity contribution is 0.100. The Hall–Kier alpha value is -4.41. The molecule has 5 rings (SSSR count). The zero-order valence-corrected chi connectivity index (χ0v) is 15.1. The molecule has 0 saturated heterocycles. The molecule has 0 aliphatic carbocycles. The lowest BCUT2D eigenvalue weighted by Crippen LogP contribution is -2.14. The Kier molecular flexibility index (Phi) is 3.71. The van der Waals surface area contributed by atoms with Gasteiger partial charge >= 0.3 is 0 Å². The molecule has 0 radical (unpaired) electrons. The second kappa shape index (κ2) is 6.30. The van der Waals surface area contributed by atoms with Gasteiger partial charge in [0.25, 0.3) is 5.91 Å². The van der Waals surface area contributed by atoms with Gasteiger partial charge in [-0.2, -0.15) is 5.10 Å². The molecule has 0 aliphatic rings. The molecule has 0 atom stereocenters. The molecule has 0 fully saturated rings. The topological polar surface area (TPSA) is 141 Å². The lowest BCUT2D eigenvalue weighted by atomic mass is 10.2. The second-order valence-corrected chi connectivity index (χ2v) is 6.48. The molecule has 148 valence electrons. The van der Waals surface area contributed by atoms with Crippen LogP contribution in [0.3, 0.4) is 0 Å². The first-order valence-corrected chi connectivity index (χ1v) is 8.66. The largest absolute Gasteiger partial charge is 0.384 e. The Morgan fingerprint density at radius 3 is 2.73 bits per heavy atom. The summed E-state index contributed by atoms with van der Waals surface area (Å²) in [6.45, 7) is 0. The number of nitrogens with two attached hydrogens (primary N) is 2. The number of primary amides is 1. The van der Waals surface area contributed by atoms with Gasteiger partial charge in [0.05, 0.1) is 29.8 Å². The molecule has 0 aliphatic heterocycles. The van der Waals surface area contributed by atoms with Crippen LogP contribution < -0.4 is 11.5 Å². The first kappa shape index (κ1) is 17.7. The maximum atomic E-state index is 14.2. The van der Waals surface area contributed by atoms with Crippen molar-refractivity contribution in [2.75, 3.05) is 5.73 Å². The van der Waals surface area contributed by atoms with Gasteiger partial charge in [-0.1, -0.05) is 6.07 Å². The van der Waals surface area contributed by atoms with Gasteiger partial charge in [-0.3, -0.25) is 14.5 Å². The van der Waals surface area contributed by atoms with Crippen LogP contribution >= 0.6 is 0 Å². The first-order chi connectivity index (χ1) is 14.5. The number of carbonyl (C=O) groups excluding carboxylic acids is 1. The first-order valence-electron chi connectivity index (χ1n) is 8.66. The molecule has 0 bridgehead atoms. The Balaban J connectivity index is 1.83. The average molecular weight is 406 g/mol. The predicted octanol–water partition coefficient (Wildman–Crippen LogP) is 2.32. The smallest absolute Gasteiger partial charge is 0.254 e. The fraction of sp³-hybridized carbons (Fsp3) is 0. The number of aromatic nitrogens is 6. The van der Waals surface area contributed by atoms with Gasteiger partial charge in [0.15, 0.2) is 11.5 Å². The van der Waals surface area contributed by atoms with Crippen LogP contribution in [0.4, 0.5) is 14.6 Å². The summed E-state index contributed by atoms with van der Waals surface area (Å²) >= 11 is 0. The summed E-state index contributed by atoms with van der Waals surface area (Å²) in [5.74, 6) is -2.54. The van der Waals surface area contributed by atoms with Crippen molar-refractivity contribution < 1.29 is 13.6 Å². The van der Waals surface area contributed by atoms with Gasteiger partial charge in [-0.05, 0) is 12.1 Å². The highest BCUT2D eigenvalue weighted by molar-refractivity contribution is 6.10. The Bertz CT molecular complexity index is 1470. The minimum Gasteiger partial charge on any atom is -0.384 e. The summed E-state index contributed by atoms with van der Waals surface area (Å²) in [5.41, 5.74) is 13.2. The summed E-state index contributed by atoms with van der Waals surface area (Å²) in [6, 6.07) is 6.07. The number of amides is 1. The van der Waals surface area contributed by atoms with Gasteiger partial charge in [0, 0.05) is 11.5 Å². The highest BCUT2D eigenvalue weighted by Crippen LogP contribution is 2.33. The van der Waals surface area contributed by atoms with E-state index in [1.54, 1.807) is 18.3 Å². The third-order valence-electron chi connectivity index (χ3n) is 4.70. The van der Waals surface area contributed by atoms with Crippen LogP contribution in [0, 0.1) is 11.6 Å². The van der Waals surface area contributed by atoms with E-state index in [1.165, 1.54) is 10.8 Å². The number of nitrogens with zero attached hydrogens (tertiary/aromatic N) is 5. The van der Waals surface area contributed by atoms with E-state index in [9.17, 15) is 13.6 Å². The van der Waals surface area contributed by atoms with Crippen molar-refractivity contribution in [2.24, 2.45) is 5.73 Å². The standard InChI is InChI=1S/C19H12F2N8O/c20-8-4-10(21)15(24-5-8)12-7-25-19-16(27-12)14(18(23)30)17(22)29(19)13-3-1-2-11-9(13)6-26-28-11/h1-7H,22H2,(H2,23,30)(H,26,28). The average Bonchev–Trinajstić information content (AvgIpc) is 3.29. The second-order valence-electron chi connectivity index (χ2n) is 6.48. The number of halogens is 2. The third-order valence-corrected chi connectivity index (χ3v) is 4.70. The van der Waals surface area contributed by atoms with Crippen LogP contribution in [-0.2, 0) is 0 Å². The van der Waals surface area contributed by atoms with Gasteiger partial charge in [0.2, 0.25) is 0 Å². The molecular weight excluding hydrogens is 394 g/mol. The van der Waals surface area contributed by atoms with E-state index in [0.29, 0.717) is 11.8 Å². The molecule has 0 unspecified atom stereocenters. The highest BCUT2D eigenvalue weighted by atomic mass is 19.1. The maximum Gasteiger partial charge on any atom is 0.254 e. The number of hydrogen-bond acceptors (Lipinski definition) is 6. The van der Waals surface area contributed by atoms with Crippen molar-refractivity contribution in [3.05, 3.63) is 60.1 Å². The SMILES string of the molecule is NC(=O)c1c(N)n(-c2cccc3[nH]ncc23)c2ncc(-c3ncc(F)cc3F)nc12. The summed E-state index contributed by atoms with van der Waals surface area (Å²) in [6.07, 6.45) is 3.74. The van der Waals surface area contributed by atoms with E-state index in [1.807, 2.05) is 6.07 Å². The third kappa shape index (κ3) is 2.49. The number of pyridine rings is 1. The van der Waals surface area contributed by atoms with Crippen molar-refractivity contribution in [3.8, 4) is 17.1 Å². The van der Waals surface area contributed by atoms with E-state index in [2.05, 4.69) is 25.1 Å². The van der Waals surface area contributed by atoms with E-state index < -0.39 is 17.5 Å². The van der Waals surface area contributed by atoms with E-state index in [-0.39, 0.29) is 33.9 Å². The van der Waals surface area contributed by atoms with E-state index in [0.717, 1.165) is 17.1 Å². The number of nitrogens with one attached hydrogen (secondary N) is 1. The summed E-state index contributed by atoms with van der Waals surface area (Å²) < 4.78 is 28.9.